The number of amidine groups is 1. The minimum absolute atomic E-state index is 0.0196. The van der Waals surface area contributed by atoms with E-state index >= 15 is 0 Å². The summed E-state index contributed by atoms with van der Waals surface area (Å²) >= 11 is 3.48. The van der Waals surface area contributed by atoms with Crippen LogP contribution in [0.25, 0.3) is 0 Å². The number of rotatable bonds is 3. The van der Waals surface area contributed by atoms with Crippen molar-refractivity contribution < 1.29 is 9.53 Å². The summed E-state index contributed by atoms with van der Waals surface area (Å²) in [4.78, 5) is 17.2. The molecule has 3 rings (SSSR count). The van der Waals surface area contributed by atoms with E-state index < -0.39 is 0 Å². The molecule has 1 N–H and O–H groups in total. The SMILES string of the molecule is CCCSC1=NC2C(SC3CC(C)(CC)OCC32)C(=O)N1. The van der Waals surface area contributed by atoms with Crippen molar-refractivity contribution in [2.24, 2.45) is 10.9 Å². The molecule has 21 heavy (non-hydrogen) atoms. The predicted octanol–water partition coefficient (Wildman–Crippen LogP) is 2.67. The number of hydrogen-bond acceptors (Lipinski definition) is 5. The Morgan fingerprint density at radius 3 is 3.05 bits per heavy atom. The van der Waals surface area contributed by atoms with E-state index in [0.717, 1.165) is 36.8 Å². The van der Waals surface area contributed by atoms with Crippen molar-refractivity contribution in [1.82, 2.24) is 5.32 Å². The maximum Gasteiger partial charge on any atom is 0.241 e. The molecular weight excluding hydrogens is 304 g/mol. The van der Waals surface area contributed by atoms with Crippen LogP contribution in [0, 0.1) is 5.92 Å². The van der Waals surface area contributed by atoms with Gasteiger partial charge in [0.25, 0.3) is 0 Å². The molecule has 6 heteroatoms. The van der Waals surface area contributed by atoms with Gasteiger partial charge in [-0.2, -0.15) is 0 Å². The van der Waals surface area contributed by atoms with Crippen LogP contribution in [0.3, 0.4) is 0 Å². The normalized spacial score (nSPS) is 42.0. The van der Waals surface area contributed by atoms with Gasteiger partial charge in [-0.05, 0) is 26.2 Å². The van der Waals surface area contributed by atoms with Gasteiger partial charge in [-0.15, -0.1) is 11.8 Å². The molecule has 5 atom stereocenters. The van der Waals surface area contributed by atoms with E-state index in [1.165, 1.54) is 0 Å². The number of thioether (sulfide) groups is 2. The smallest absolute Gasteiger partial charge is 0.241 e. The number of fused-ring (bicyclic) bond motifs is 3. The number of ether oxygens (including phenoxy) is 1. The molecule has 118 valence electrons. The largest absolute Gasteiger partial charge is 0.375 e. The lowest BCUT2D eigenvalue weighted by Crippen LogP contribution is -2.49. The molecule has 1 amide bonds. The summed E-state index contributed by atoms with van der Waals surface area (Å²) < 4.78 is 6.11. The van der Waals surface area contributed by atoms with Crippen molar-refractivity contribution in [3.05, 3.63) is 0 Å². The van der Waals surface area contributed by atoms with Crippen molar-refractivity contribution in [2.45, 2.75) is 62.2 Å². The number of hydrogen-bond donors (Lipinski definition) is 1. The molecule has 2 fully saturated rings. The molecule has 5 unspecified atom stereocenters. The Kier molecular flexibility index (Phi) is 4.58. The standard InChI is InChI=1S/C15H24N2O2S2/c1-4-6-20-14-16-11-9-8-19-15(3,5-2)7-10(9)21-12(11)13(18)17-14/h9-12H,4-8H2,1-3H3,(H,16,17,18). The zero-order chi connectivity index (χ0) is 15.0. The first kappa shape index (κ1) is 15.7. The average Bonchev–Trinajstić information content (AvgIpc) is 2.83. The monoisotopic (exact) mass is 328 g/mol. The van der Waals surface area contributed by atoms with Gasteiger partial charge in [-0.3, -0.25) is 9.79 Å². The maximum absolute atomic E-state index is 12.4. The fourth-order valence-corrected chi connectivity index (χ4v) is 5.88. The quantitative estimate of drug-likeness (QED) is 0.865. The summed E-state index contributed by atoms with van der Waals surface area (Å²) in [5, 5.41) is 4.28. The number of carbonyl (C=O) groups is 1. The van der Waals surface area contributed by atoms with Crippen molar-refractivity contribution in [1.29, 1.82) is 0 Å². The molecule has 4 nitrogen and oxygen atoms in total. The van der Waals surface area contributed by atoms with Gasteiger partial charge in [0.15, 0.2) is 5.17 Å². The van der Waals surface area contributed by atoms with Crippen LogP contribution in [0.4, 0.5) is 0 Å². The second-order valence-corrected chi connectivity index (χ2v) is 8.81. The van der Waals surface area contributed by atoms with Gasteiger partial charge < -0.3 is 10.1 Å². The highest BCUT2D eigenvalue weighted by molar-refractivity contribution is 8.13. The Hall–Kier alpha value is -0.200. The van der Waals surface area contributed by atoms with Crippen molar-refractivity contribution in [2.75, 3.05) is 12.4 Å². The van der Waals surface area contributed by atoms with E-state index in [1.54, 1.807) is 11.8 Å². The first-order chi connectivity index (χ1) is 10.1. The second kappa shape index (κ2) is 6.13. The van der Waals surface area contributed by atoms with Crippen LogP contribution in [0.15, 0.2) is 4.99 Å². The van der Waals surface area contributed by atoms with E-state index in [0.29, 0.717) is 11.2 Å². The highest BCUT2D eigenvalue weighted by Crippen LogP contribution is 2.49. The summed E-state index contributed by atoms with van der Waals surface area (Å²) in [5.41, 5.74) is -0.0261. The lowest BCUT2D eigenvalue weighted by atomic mass is 9.83. The van der Waals surface area contributed by atoms with Crippen LogP contribution in [0.2, 0.25) is 0 Å². The molecule has 0 bridgehead atoms. The molecule has 0 aliphatic carbocycles. The molecule has 3 aliphatic heterocycles. The van der Waals surface area contributed by atoms with Gasteiger partial charge in [-0.1, -0.05) is 25.6 Å². The molecule has 0 aromatic heterocycles. The van der Waals surface area contributed by atoms with Crippen molar-refractivity contribution >= 4 is 34.6 Å². The van der Waals surface area contributed by atoms with E-state index in [-0.39, 0.29) is 22.8 Å². The molecule has 2 saturated heterocycles. The van der Waals surface area contributed by atoms with Gasteiger partial charge in [0, 0.05) is 16.9 Å². The van der Waals surface area contributed by atoms with Crippen molar-refractivity contribution in [3.8, 4) is 0 Å². The Bertz CT molecular complexity index is 457. The summed E-state index contributed by atoms with van der Waals surface area (Å²) in [7, 11) is 0. The number of amides is 1. The highest BCUT2D eigenvalue weighted by atomic mass is 32.2. The Labute approximate surface area is 135 Å². The van der Waals surface area contributed by atoms with Gasteiger partial charge in [-0.25, -0.2) is 0 Å². The minimum Gasteiger partial charge on any atom is -0.375 e. The predicted molar refractivity (Wildman–Crippen MR) is 90.0 cm³/mol. The lowest BCUT2D eigenvalue weighted by molar-refractivity contribution is -0.120. The lowest BCUT2D eigenvalue weighted by Gasteiger charge is -2.40. The molecule has 3 heterocycles. The molecule has 3 aliphatic rings. The first-order valence-corrected chi connectivity index (χ1v) is 9.80. The number of nitrogens with zero attached hydrogens (tertiary/aromatic N) is 1. The van der Waals surface area contributed by atoms with Gasteiger partial charge >= 0.3 is 0 Å². The van der Waals surface area contributed by atoms with Crippen LogP contribution < -0.4 is 5.32 Å². The number of aliphatic imine (C=N–C) groups is 1. The highest BCUT2D eigenvalue weighted by Gasteiger charge is 2.53. The first-order valence-electron chi connectivity index (χ1n) is 7.87. The summed E-state index contributed by atoms with van der Waals surface area (Å²) in [6.07, 6.45) is 3.15. The van der Waals surface area contributed by atoms with Gasteiger partial charge in [0.2, 0.25) is 5.91 Å². The van der Waals surface area contributed by atoms with E-state index in [2.05, 4.69) is 26.1 Å². The fraction of sp³-hybridized carbons (Fsp3) is 0.867. The maximum atomic E-state index is 12.4. The number of carbonyl (C=O) groups excluding carboxylic acids is 1. The molecule has 0 aromatic rings. The second-order valence-electron chi connectivity index (χ2n) is 6.34. The molecule has 0 saturated carbocycles. The van der Waals surface area contributed by atoms with E-state index in [4.69, 9.17) is 9.73 Å². The Balaban J connectivity index is 1.76. The Morgan fingerprint density at radius 2 is 2.33 bits per heavy atom. The van der Waals surface area contributed by atoms with Gasteiger partial charge in [0.05, 0.1) is 18.2 Å². The van der Waals surface area contributed by atoms with Crippen LogP contribution in [0.5, 0.6) is 0 Å². The summed E-state index contributed by atoms with van der Waals surface area (Å²) in [5.74, 6) is 1.54. The van der Waals surface area contributed by atoms with Gasteiger partial charge in [0.1, 0.15) is 5.25 Å². The third-order valence-electron chi connectivity index (χ3n) is 4.75. The molecule has 0 radical (unpaired) electrons. The molecular formula is C15H24N2O2S2. The van der Waals surface area contributed by atoms with Crippen LogP contribution in [-0.2, 0) is 9.53 Å². The van der Waals surface area contributed by atoms with Crippen molar-refractivity contribution in [3.63, 3.8) is 0 Å². The summed E-state index contributed by atoms with van der Waals surface area (Å²) in [6.45, 7) is 7.25. The Morgan fingerprint density at radius 1 is 1.52 bits per heavy atom. The molecule has 0 aromatic carbocycles. The zero-order valence-electron chi connectivity index (χ0n) is 12.9. The van der Waals surface area contributed by atoms with E-state index in [1.807, 2.05) is 11.8 Å². The molecule has 0 spiro atoms. The topological polar surface area (TPSA) is 50.7 Å². The fourth-order valence-electron chi connectivity index (χ4n) is 3.24. The minimum atomic E-state index is -0.0261. The van der Waals surface area contributed by atoms with Crippen LogP contribution in [-0.4, -0.2) is 45.6 Å². The zero-order valence-corrected chi connectivity index (χ0v) is 14.6. The third-order valence-corrected chi connectivity index (χ3v) is 7.50. The number of nitrogens with one attached hydrogen (secondary N) is 1. The average molecular weight is 329 g/mol. The summed E-state index contributed by atoms with van der Waals surface area (Å²) in [6, 6.07) is 0.106. The third kappa shape index (κ3) is 2.99. The van der Waals surface area contributed by atoms with Crippen LogP contribution in [0.1, 0.15) is 40.0 Å². The van der Waals surface area contributed by atoms with E-state index in [9.17, 15) is 4.79 Å². The van der Waals surface area contributed by atoms with Crippen LogP contribution >= 0.6 is 23.5 Å².